The van der Waals surface area contributed by atoms with E-state index in [9.17, 15) is 19.1 Å². The van der Waals surface area contributed by atoms with E-state index in [1.807, 2.05) is 0 Å². The van der Waals surface area contributed by atoms with E-state index in [1.54, 1.807) is 6.07 Å². The molecule has 2 aliphatic heterocycles. The summed E-state index contributed by atoms with van der Waals surface area (Å²) in [6, 6.07) is 1.64. The van der Waals surface area contributed by atoms with Crippen molar-refractivity contribution in [2.45, 2.75) is 30.7 Å². The highest BCUT2D eigenvalue weighted by atomic mass is 35.5. The number of hydrogen-bond donors (Lipinski definition) is 4. The van der Waals surface area contributed by atoms with Crippen LogP contribution in [0, 0.1) is 0 Å². The van der Waals surface area contributed by atoms with Crippen LogP contribution in [-0.2, 0) is 24.1 Å². The first kappa shape index (κ1) is 24.0. The molecule has 0 saturated carbocycles. The summed E-state index contributed by atoms with van der Waals surface area (Å²) < 4.78 is 49.8. The molecule has 0 spiro atoms. The van der Waals surface area contributed by atoms with Crippen LogP contribution in [0.3, 0.4) is 0 Å². The molecule has 1 unspecified atom stereocenters. The van der Waals surface area contributed by atoms with Crippen LogP contribution in [0.5, 0.6) is 0 Å². The highest BCUT2D eigenvalue weighted by Crippen LogP contribution is 2.55. The molecule has 178 valence electrons. The second-order valence-electron chi connectivity index (χ2n) is 7.82. The number of hydrogen-bond acceptors (Lipinski definition) is 8. The second-order valence-corrected chi connectivity index (χ2v) is 12.2. The molecule has 0 radical (unpaired) electrons. The molecule has 4 heterocycles. The molecule has 0 aromatic carbocycles. The number of anilines is 1. The highest BCUT2D eigenvalue weighted by Gasteiger charge is 2.54. The maximum Gasteiger partial charge on any atom is 0.340 e. The molecule has 12 nitrogen and oxygen atoms in total. The number of halogens is 2. The summed E-state index contributed by atoms with van der Waals surface area (Å²) in [7, 11) is -9.52. The van der Waals surface area contributed by atoms with Gasteiger partial charge in [-0.05, 0) is 12.8 Å². The van der Waals surface area contributed by atoms with Gasteiger partial charge in [0.05, 0.1) is 25.1 Å². The molecule has 2 aromatic rings. The number of nitrogens with zero attached hydrogens (tertiary/aromatic N) is 4. The normalized spacial score (nSPS) is 28.5. The Bertz CT molecular complexity index is 1110. The Morgan fingerprint density at radius 3 is 2.66 bits per heavy atom. The first-order chi connectivity index (χ1) is 14.9. The molecule has 16 heteroatoms. The zero-order chi connectivity index (χ0) is 23.3. The molecule has 32 heavy (non-hydrogen) atoms. The van der Waals surface area contributed by atoms with Crippen LogP contribution in [-0.4, -0.2) is 78.8 Å². The van der Waals surface area contributed by atoms with Gasteiger partial charge < -0.3 is 33.9 Å². The van der Waals surface area contributed by atoms with Crippen molar-refractivity contribution in [3.8, 4) is 0 Å². The standard InChI is InChI=1S/C16H22ClFN4O8P2/c17-13-5-10(21-3-1-2-4-21)15-19-6-12(22(15)20-13)16(18)8-29-11(14(16)23)7-30-32(27,28)9-31(24,25)26/h5-6,11,14,23H,1-4,7-9H2,(H,27,28)(H2,24,25,26)/t11-,14-,16-/m1/s1. The summed E-state index contributed by atoms with van der Waals surface area (Å²) in [6.07, 6.45) is 0.00206. The van der Waals surface area contributed by atoms with Crippen molar-refractivity contribution in [3.05, 3.63) is 23.1 Å². The van der Waals surface area contributed by atoms with Crippen molar-refractivity contribution in [3.63, 3.8) is 0 Å². The smallest absolute Gasteiger partial charge is 0.340 e. The van der Waals surface area contributed by atoms with Crippen LogP contribution in [0.15, 0.2) is 12.3 Å². The Balaban J connectivity index is 1.57. The lowest BCUT2D eigenvalue weighted by molar-refractivity contribution is -0.0137. The van der Waals surface area contributed by atoms with Gasteiger partial charge in [-0.2, -0.15) is 5.10 Å². The van der Waals surface area contributed by atoms with Crippen molar-refractivity contribution in [1.29, 1.82) is 0 Å². The van der Waals surface area contributed by atoms with Crippen LogP contribution in [0.2, 0.25) is 5.15 Å². The Hall–Kier alpha value is -1.14. The Morgan fingerprint density at radius 1 is 1.31 bits per heavy atom. The van der Waals surface area contributed by atoms with Gasteiger partial charge in [0.1, 0.15) is 17.9 Å². The van der Waals surface area contributed by atoms with Crippen molar-refractivity contribution in [1.82, 2.24) is 14.6 Å². The molecule has 2 fully saturated rings. The first-order valence-corrected chi connectivity index (χ1v) is 13.6. The number of ether oxygens (including phenoxy) is 1. The fraction of sp³-hybridized carbons (Fsp3) is 0.625. The predicted octanol–water partition coefficient (Wildman–Crippen LogP) is 1.24. The lowest BCUT2D eigenvalue weighted by atomic mass is 9.95. The van der Waals surface area contributed by atoms with Crippen LogP contribution in [0.25, 0.3) is 5.65 Å². The van der Waals surface area contributed by atoms with Gasteiger partial charge >= 0.3 is 15.2 Å². The third-order valence-corrected chi connectivity index (χ3v) is 9.06. The van der Waals surface area contributed by atoms with Crippen LogP contribution in [0.1, 0.15) is 18.5 Å². The average Bonchev–Trinajstić information content (AvgIpc) is 3.39. The first-order valence-electron chi connectivity index (χ1n) is 9.69. The van der Waals surface area contributed by atoms with Gasteiger partial charge in [-0.1, -0.05) is 11.6 Å². The molecule has 2 aromatic heterocycles. The summed E-state index contributed by atoms with van der Waals surface area (Å²) in [6.45, 7) is 0.196. The monoisotopic (exact) mass is 514 g/mol. The van der Waals surface area contributed by atoms with Gasteiger partial charge in [-0.3, -0.25) is 9.13 Å². The maximum absolute atomic E-state index is 15.9. The van der Waals surface area contributed by atoms with E-state index in [1.165, 1.54) is 10.7 Å². The fourth-order valence-electron chi connectivity index (χ4n) is 3.93. The molecule has 4 rings (SSSR count). The minimum absolute atomic E-state index is 0.106. The van der Waals surface area contributed by atoms with E-state index >= 15 is 4.39 Å². The maximum atomic E-state index is 15.9. The number of alkyl halides is 1. The van der Waals surface area contributed by atoms with Gasteiger partial charge in [0.15, 0.2) is 16.7 Å². The van der Waals surface area contributed by atoms with Crippen LogP contribution >= 0.6 is 26.8 Å². The SMILES string of the molecule is O=P(O)(O)CP(=O)(O)OC[C@H]1OC[C@@](F)(c2cnc3c(N4CCCC4)cc(Cl)nn23)[C@@H]1O. The van der Waals surface area contributed by atoms with Gasteiger partial charge in [0.25, 0.3) is 0 Å². The number of imidazole rings is 1. The number of fused-ring (bicyclic) bond motifs is 1. The van der Waals surface area contributed by atoms with Gasteiger partial charge in [-0.25, -0.2) is 13.9 Å². The molecule has 0 bridgehead atoms. The van der Waals surface area contributed by atoms with E-state index in [0.29, 0.717) is 11.3 Å². The van der Waals surface area contributed by atoms with E-state index in [2.05, 4.69) is 19.5 Å². The van der Waals surface area contributed by atoms with Crippen molar-refractivity contribution >= 4 is 38.1 Å². The molecule has 2 saturated heterocycles. The topological polar surface area (TPSA) is 167 Å². The number of rotatable bonds is 7. The molecule has 4 N–H and O–H groups in total. The third kappa shape index (κ3) is 4.72. The molecular weight excluding hydrogens is 493 g/mol. The Labute approximate surface area is 186 Å². The van der Waals surface area contributed by atoms with Crippen LogP contribution in [0.4, 0.5) is 10.1 Å². The van der Waals surface area contributed by atoms with E-state index in [4.69, 9.17) is 26.1 Å². The largest absolute Gasteiger partial charge is 0.386 e. The second kappa shape index (κ2) is 8.57. The summed E-state index contributed by atoms with van der Waals surface area (Å²) in [5, 5.41) is 14.8. The summed E-state index contributed by atoms with van der Waals surface area (Å²) in [5.74, 6) is -1.40. The minimum atomic E-state index is -4.83. The highest BCUT2D eigenvalue weighted by molar-refractivity contribution is 7.70. The summed E-state index contributed by atoms with van der Waals surface area (Å²) in [5.41, 5.74) is -1.57. The van der Waals surface area contributed by atoms with Crippen molar-refractivity contribution in [2.75, 3.05) is 37.1 Å². The molecule has 0 amide bonds. The third-order valence-electron chi connectivity index (χ3n) is 5.42. The molecule has 0 aliphatic carbocycles. The molecule has 4 atom stereocenters. The number of aromatic nitrogens is 3. The lowest BCUT2D eigenvalue weighted by Gasteiger charge is -2.24. The zero-order valence-corrected chi connectivity index (χ0v) is 19.2. The molecule has 2 aliphatic rings. The molecular formula is C16H22ClFN4O8P2. The van der Waals surface area contributed by atoms with Crippen molar-refractivity contribution < 1.29 is 42.6 Å². The van der Waals surface area contributed by atoms with Gasteiger partial charge in [0.2, 0.25) is 5.67 Å². The van der Waals surface area contributed by atoms with Gasteiger partial charge in [0, 0.05) is 19.2 Å². The number of aliphatic hydroxyl groups excluding tert-OH is 1. The zero-order valence-electron chi connectivity index (χ0n) is 16.6. The minimum Gasteiger partial charge on any atom is -0.386 e. The fourth-order valence-corrected chi connectivity index (χ4v) is 6.67. The van der Waals surface area contributed by atoms with Crippen LogP contribution < -0.4 is 4.90 Å². The average molecular weight is 515 g/mol. The lowest BCUT2D eigenvalue weighted by Crippen LogP contribution is -2.40. The summed E-state index contributed by atoms with van der Waals surface area (Å²) in [4.78, 5) is 33.6. The number of aliphatic hydroxyl groups is 1. The quantitative estimate of drug-likeness (QED) is 0.392. The van der Waals surface area contributed by atoms with E-state index in [0.717, 1.165) is 25.9 Å². The van der Waals surface area contributed by atoms with Crippen molar-refractivity contribution in [2.24, 2.45) is 0 Å². The predicted molar refractivity (Wildman–Crippen MR) is 111 cm³/mol. The summed E-state index contributed by atoms with van der Waals surface area (Å²) >= 11 is 6.16. The van der Waals surface area contributed by atoms with E-state index < -0.39 is 52.2 Å². The van der Waals surface area contributed by atoms with Gasteiger partial charge in [-0.15, -0.1) is 0 Å². The Morgan fingerprint density at radius 2 is 2.00 bits per heavy atom. The van der Waals surface area contributed by atoms with E-state index in [-0.39, 0.29) is 10.8 Å². The Kier molecular flexibility index (Phi) is 6.43.